The summed E-state index contributed by atoms with van der Waals surface area (Å²) in [5.41, 5.74) is 1.21. The van der Waals surface area contributed by atoms with Gasteiger partial charge in [-0.15, -0.1) is 0 Å². The Bertz CT molecular complexity index is 954. The summed E-state index contributed by atoms with van der Waals surface area (Å²) < 4.78 is 25.7. The van der Waals surface area contributed by atoms with Gasteiger partial charge in [0.1, 0.15) is 0 Å². The van der Waals surface area contributed by atoms with E-state index in [9.17, 15) is 18.3 Å². The zero-order valence-electron chi connectivity index (χ0n) is 14.7. The maximum absolute atomic E-state index is 12.2. The molecule has 1 aromatic heterocycles. The van der Waals surface area contributed by atoms with E-state index >= 15 is 0 Å². The molecule has 2 atom stereocenters. The average Bonchev–Trinajstić information content (AvgIpc) is 3.26. The lowest BCUT2D eigenvalue weighted by Crippen LogP contribution is -2.42. The van der Waals surface area contributed by atoms with Crippen LogP contribution < -0.4 is 0 Å². The Morgan fingerprint density at radius 2 is 2.12 bits per heavy atom. The molecule has 4 rings (SSSR count). The van der Waals surface area contributed by atoms with Crippen molar-refractivity contribution >= 4 is 26.9 Å². The van der Waals surface area contributed by atoms with Crippen LogP contribution >= 0.6 is 0 Å². The number of fused-ring (bicyclic) bond motifs is 2. The minimum Gasteiger partial charge on any atom is -0.481 e. The number of aliphatic carboxylic acids is 1. The van der Waals surface area contributed by atoms with Gasteiger partial charge in [-0.1, -0.05) is 6.07 Å². The number of carboxylic acid groups (broad SMARTS) is 1. The van der Waals surface area contributed by atoms with E-state index in [1.165, 1.54) is 4.31 Å². The Hall–Kier alpha value is -1.90. The summed E-state index contributed by atoms with van der Waals surface area (Å²) >= 11 is 0. The van der Waals surface area contributed by atoms with E-state index in [1.807, 2.05) is 24.4 Å². The number of carbonyl (C=O) groups is 1. The van der Waals surface area contributed by atoms with Crippen molar-refractivity contribution in [1.29, 1.82) is 0 Å². The van der Waals surface area contributed by atoms with Crippen LogP contribution in [0.15, 0.2) is 30.5 Å². The molecule has 2 aliphatic rings. The number of aromatic amines is 1. The molecule has 2 aromatic rings. The third-order valence-corrected chi connectivity index (χ3v) is 7.65. The summed E-state index contributed by atoms with van der Waals surface area (Å²) in [6.07, 6.45) is 1.90. The number of nitrogens with one attached hydrogen (secondary N) is 1. The van der Waals surface area contributed by atoms with Crippen LogP contribution in [0.25, 0.3) is 10.9 Å². The predicted molar refractivity (Wildman–Crippen MR) is 98.2 cm³/mol. The molecule has 2 aliphatic heterocycles. The Morgan fingerprint density at radius 1 is 1.31 bits per heavy atom. The number of H-pyrrole nitrogens is 1. The summed E-state index contributed by atoms with van der Waals surface area (Å²) in [4.78, 5) is 17.4. The summed E-state index contributed by atoms with van der Waals surface area (Å²) in [6.45, 7) is 3.64. The maximum atomic E-state index is 12.2. The molecule has 0 unspecified atom stereocenters. The van der Waals surface area contributed by atoms with E-state index in [-0.39, 0.29) is 18.2 Å². The van der Waals surface area contributed by atoms with Gasteiger partial charge < -0.3 is 10.1 Å². The van der Waals surface area contributed by atoms with Crippen LogP contribution in [0.3, 0.4) is 0 Å². The van der Waals surface area contributed by atoms with Gasteiger partial charge in [0.25, 0.3) is 0 Å². The van der Waals surface area contributed by atoms with Gasteiger partial charge >= 0.3 is 5.97 Å². The van der Waals surface area contributed by atoms with E-state index in [1.54, 1.807) is 6.92 Å². The average molecular weight is 377 g/mol. The van der Waals surface area contributed by atoms with Crippen LogP contribution in [0.1, 0.15) is 12.5 Å². The summed E-state index contributed by atoms with van der Waals surface area (Å²) in [5.74, 6) is -1.05. The number of rotatable bonds is 5. The molecule has 26 heavy (non-hydrogen) atoms. The first-order chi connectivity index (χ1) is 12.3. The summed E-state index contributed by atoms with van der Waals surface area (Å²) in [5, 5.41) is 11.0. The fourth-order valence-electron chi connectivity index (χ4n) is 4.40. The molecule has 0 bridgehead atoms. The highest BCUT2D eigenvalue weighted by Gasteiger charge is 2.59. The monoisotopic (exact) mass is 377 g/mol. The van der Waals surface area contributed by atoms with Crippen LogP contribution in [0.2, 0.25) is 0 Å². The molecule has 2 fully saturated rings. The molecule has 0 radical (unpaired) electrons. The van der Waals surface area contributed by atoms with Gasteiger partial charge in [-0.2, -0.15) is 0 Å². The molecular weight excluding hydrogens is 354 g/mol. The first kappa shape index (κ1) is 17.5. The smallest absolute Gasteiger partial charge is 0.312 e. The Morgan fingerprint density at radius 3 is 2.81 bits per heavy atom. The van der Waals surface area contributed by atoms with Crippen LogP contribution in [0.5, 0.6) is 0 Å². The van der Waals surface area contributed by atoms with E-state index < -0.39 is 21.4 Å². The second-order valence-corrected chi connectivity index (χ2v) is 9.68. The molecule has 3 heterocycles. The van der Waals surface area contributed by atoms with Crippen LogP contribution in [-0.2, 0) is 21.4 Å². The lowest BCUT2D eigenvalue weighted by Gasteiger charge is -2.25. The topological polar surface area (TPSA) is 93.7 Å². The number of aromatic nitrogens is 1. The number of hydrogen-bond acceptors (Lipinski definition) is 4. The SMILES string of the molecule is CCS(=O)(=O)N1C[C@@H]2CN(Cc3ccc4[nH]ccc4c3)C[C@]2(C(=O)O)C1. The number of carboxylic acids is 1. The largest absolute Gasteiger partial charge is 0.481 e. The van der Waals surface area contributed by atoms with E-state index in [0.717, 1.165) is 16.5 Å². The molecule has 8 heteroatoms. The van der Waals surface area contributed by atoms with Gasteiger partial charge in [-0.3, -0.25) is 9.69 Å². The van der Waals surface area contributed by atoms with Gasteiger partial charge in [0.05, 0.1) is 11.2 Å². The lowest BCUT2D eigenvalue weighted by atomic mass is 9.81. The summed E-state index contributed by atoms with van der Waals surface area (Å²) in [6, 6.07) is 8.21. The first-order valence-electron chi connectivity index (χ1n) is 8.84. The molecule has 1 aromatic carbocycles. The Labute approximate surface area is 152 Å². The molecule has 7 nitrogen and oxygen atoms in total. The Kier molecular flexibility index (Phi) is 4.09. The normalized spacial score (nSPS) is 27.2. The minimum atomic E-state index is -3.36. The zero-order chi connectivity index (χ0) is 18.5. The van der Waals surface area contributed by atoms with Crippen molar-refractivity contribution in [3.8, 4) is 0 Å². The fraction of sp³-hybridized carbons (Fsp3) is 0.500. The van der Waals surface area contributed by atoms with Crippen molar-refractivity contribution in [3.05, 3.63) is 36.0 Å². The number of nitrogens with zero attached hydrogens (tertiary/aromatic N) is 2. The molecule has 140 valence electrons. The van der Waals surface area contributed by atoms with E-state index in [2.05, 4.69) is 16.0 Å². The van der Waals surface area contributed by atoms with Gasteiger partial charge in [-0.25, -0.2) is 12.7 Å². The van der Waals surface area contributed by atoms with Crippen molar-refractivity contribution in [1.82, 2.24) is 14.2 Å². The molecule has 0 saturated carbocycles. The Balaban J connectivity index is 1.53. The third-order valence-electron chi connectivity index (χ3n) is 5.86. The van der Waals surface area contributed by atoms with Crippen molar-refractivity contribution in [2.45, 2.75) is 13.5 Å². The van der Waals surface area contributed by atoms with Gasteiger partial charge in [-0.05, 0) is 36.1 Å². The highest BCUT2D eigenvalue weighted by molar-refractivity contribution is 7.89. The van der Waals surface area contributed by atoms with Crippen molar-refractivity contribution in [2.24, 2.45) is 11.3 Å². The number of benzene rings is 1. The second-order valence-electron chi connectivity index (χ2n) is 7.42. The molecule has 0 spiro atoms. The van der Waals surface area contributed by atoms with E-state index in [4.69, 9.17) is 0 Å². The first-order valence-corrected chi connectivity index (χ1v) is 10.4. The zero-order valence-corrected chi connectivity index (χ0v) is 15.5. The number of sulfonamides is 1. The quantitative estimate of drug-likeness (QED) is 0.820. The molecule has 0 amide bonds. The highest BCUT2D eigenvalue weighted by Crippen LogP contribution is 2.44. The van der Waals surface area contributed by atoms with E-state index in [0.29, 0.717) is 26.2 Å². The van der Waals surface area contributed by atoms with Crippen LogP contribution in [0, 0.1) is 11.3 Å². The number of likely N-dealkylation sites (tertiary alicyclic amines) is 1. The highest BCUT2D eigenvalue weighted by atomic mass is 32.2. The van der Waals surface area contributed by atoms with Gasteiger partial charge in [0.15, 0.2) is 0 Å². The summed E-state index contributed by atoms with van der Waals surface area (Å²) in [7, 11) is -3.36. The van der Waals surface area contributed by atoms with Crippen molar-refractivity contribution in [2.75, 3.05) is 31.9 Å². The van der Waals surface area contributed by atoms with Crippen molar-refractivity contribution < 1.29 is 18.3 Å². The molecule has 0 aliphatic carbocycles. The predicted octanol–water partition coefficient (Wildman–Crippen LogP) is 1.34. The maximum Gasteiger partial charge on any atom is 0.312 e. The van der Waals surface area contributed by atoms with Gasteiger partial charge in [0.2, 0.25) is 10.0 Å². The molecule has 2 N–H and O–H groups in total. The number of hydrogen-bond donors (Lipinski definition) is 2. The standard InChI is InChI=1S/C18H23N3O4S/c1-2-26(24,25)21-10-15-9-20(11-18(15,12-21)17(22)23)8-13-3-4-16-14(7-13)5-6-19-16/h3-7,15,19H,2,8-12H2,1H3,(H,22,23)/t15-,18-/m0/s1. The lowest BCUT2D eigenvalue weighted by molar-refractivity contribution is -0.148. The minimum absolute atomic E-state index is 0.00973. The second kappa shape index (κ2) is 6.07. The third kappa shape index (κ3) is 2.72. The molecular formula is C18H23N3O4S. The van der Waals surface area contributed by atoms with Crippen LogP contribution in [0.4, 0.5) is 0 Å². The fourth-order valence-corrected chi connectivity index (χ4v) is 5.60. The van der Waals surface area contributed by atoms with Crippen molar-refractivity contribution in [3.63, 3.8) is 0 Å². The van der Waals surface area contributed by atoms with Gasteiger partial charge in [0, 0.05) is 50.4 Å². The van der Waals surface area contributed by atoms with Crippen LogP contribution in [-0.4, -0.2) is 65.6 Å². The molecule has 2 saturated heterocycles.